The van der Waals surface area contributed by atoms with Gasteiger partial charge in [0.25, 0.3) is 0 Å². The van der Waals surface area contributed by atoms with Crippen LogP contribution in [0.3, 0.4) is 0 Å². The summed E-state index contributed by atoms with van der Waals surface area (Å²) in [7, 11) is 0. The van der Waals surface area contributed by atoms with Gasteiger partial charge in [-0.3, -0.25) is 4.79 Å². The summed E-state index contributed by atoms with van der Waals surface area (Å²) in [6.45, 7) is 10.6. The van der Waals surface area contributed by atoms with Gasteiger partial charge in [-0.05, 0) is 72.8 Å². The van der Waals surface area contributed by atoms with Gasteiger partial charge in [0.05, 0.1) is 17.7 Å². The average Bonchev–Trinajstić information content (AvgIpc) is 2.94. The van der Waals surface area contributed by atoms with Gasteiger partial charge in [0, 0.05) is 45.7 Å². The monoisotopic (exact) mass is 584 g/mol. The van der Waals surface area contributed by atoms with E-state index in [-0.39, 0.29) is 30.3 Å². The second-order valence-electron chi connectivity index (χ2n) is 13.0. The van der Waals surface area contributed by atoms with E-state index in [0.717, 1.165) is 56.8 Å². The number of aliphatic hydroxyl groups is 1. The Labute approximate surface area is 248 Å². The van der Waals surface area contributed by atoms with Crippen molar-refractivity contribution in [2.24, 2.45) is 0 Å². The van der Waals surface area contributed by atoms with Crippen LogP contribution in [-0.2, 0) is 22.2 Å². The average molecular weight is 585 g/mol. The Morgan fingerprint density at radius 2 is 1.64 bits per heavy atom. The Morgan fingerprint density at radius 3 is 2.29 bits per heavy atom. The first-order chi connectivity index (χ1) is 19.9. The predicted octanol–water partition coefficient (Wildman–Crippen LogP) is 4.86. The van der Waals surface area contributed by atoms with E-state index in [4.69, 9.17) is 0 Å². The molecule has 4 rings (SSSR count). The van der Waals surface area contributed by atoms with Gasteiger partial charge >= 0.3 is 6.03 Å². The summed E-state index contributed by atoms with van der Waals surface area (Å²) < 4.78 is 27.8. The van der Waals surface area contributed by atoms with E-state index in [1.54, 1.807) is 0 Å². The standard InChI is InChI=1S/C33H46F2N4O3/c1-23(40)37-29(18-24-16-27(34)20-28(35)17-24)30(41)21-36-33(26-11-8-10-25(19-26)32(2,3)4)12-9-15-39(22-33)31(42)38-13-6-5-7-14-38/h8,10-11,16-17,19-20,29-30,36,41H,5-7,9,12-15,18,21-22H2,1-4H3,(H,37,40). The first kappa shape index (κ1) is 31.9. The molecule has 7 nitrogen and oxygen atoms in total. The molecule has 0 bridgehead atoms. The highest BCUT2D eigenvalue weighted by molar-refractivity contribution is 5.75. The van der Waals surface area contributed by atoms with Crippen molar-refractivity contribution >= 4 is 11.9 Å². The molecule has 2 aliphatic rings. The van der Waals surface area contributed by atoms with Crippen LogP contribution in [0.2, 0.25) is 0 Å². The van der Waals surface area contributed by atoms with Crippen LogP contribution in [0.5, 0.6) is 0 Å². The molecular formula is C33H46F2N4O3. The number of aliphatic hydroxyl groups excluding tert-OH is 1. The number of piperidine rings is 2. The van der Waals surface area contributed by atoms with Gasteiger partial charge in [0.2, 0.25) is 5.91 Å². The molecule has 2 aromatic carbocycles. The molecule has 2 aliphatic heterocycles. The third-order valence-electron chi connectivity index (χ3n) is 8.55. The van der Waals surface area contributed by atoms with E-state index < -0.39 is 29.3 Å². The van der Waals surface area contributed by atoms with Gasteiger partial charge in [0.1, 0.15) is 11.6 Å². The van der Waals surface area contributed by atoms with Crippen molar-refractivity contribution < 1.29 is 23.5 Å². The molecular weight excluding hydrogens is 538 g/mol. The lowest BCUT2D eigenvalue weighted by atomic mass is 9.78. The number of carbonyl (C=O) groups excluding carboxylic acids is 2. The van der Waals surface area contributed by atoms with Gasteiger partial charge in [-0.1, -0.05) is 45.0 Å². The van der Waals surface area contributed by atoms with Crippen LogP contribution in [-0.4, -0.2) is 71.7 Å². The number of likely N-dealkylation sites (tertiary alicyclic amines) is 2. The maximum Gasteiger partial charge on any atom is 0.320 e. The van der Waals surface area contributed by atoms with E-state index in [9.17, 15) is 23.5 Å². The van der Waals surface area contributed by atoms with Crippen LogP contribution in [0.1, 0.15) is 76.5 Å². The lowest BCUT2D eigenvalue weighted by Crippen LogP contribution is -2.60. The van der Waals surface area contributed by atoms with Crippen molar-refractivity contribution in [1.82, 2.24) is 20.4 Å². The number of halogens is 2. The van der Waals surface area contributed by atoms with Crippen molar-refractivity contribution in [1.29, 1.82) is 0 Å². The fourth-order valence-electron chi connectivity index (χ4n) is 6.24. The number of nitrogens with one attached hydrogen (secondary N) is 2. The summed E-state index contributed by atoms with van der Waals surface area (Å²) in [5.41, 5.74) is 1.85. The third-order valence-corrected chi connectivity index (χ3v) is 8.55. The number of rotatable bonds is 8. The smallest absolute Gasteiger partial charge is 0.320 e. The first-order valence-electron chi connectivity index (χ1n) is 15.2. The Hall–Kier alpha value is -3.04. The molecule has 2 saturated heterocycles. The second kappa shape index (κ2) is 13.5. The number of hydrogen-bond acceptors (Lipinski definition) is 4. The molecule has 0 saturated carbocycles. The number of hydrogen-bond donors (Lipinski definition) is 3. The summed E-state index contributed by atoms with van der Waals surface area (Å²) in [6.07, 6.45) is 3.73. The molecule has 0 radical (unpaired) electrons. The summed E-state index contributed by atoms with van der Waals surface area (Å²) in [5, 5.41) is 17.7. The Morgan fingerprint density at radius 1 is 0.976 bits per heavy atom. The Bertz CT molecular complexity index is 1220. The van der Waals surface area contributed by atoms with Crippen molar-refractivity contribution in [2.75, 3.05) is 32.7 Å². The van der Waals surface area contributed by atoms with Crippen LogP contribution in [0.4, 0.5) is 13.6 Å². The molecule has 3 amide bonds. The molecule has 9 heteroatoms. The van der Waals surface area contributed by atoms with E-state index in [1.165, 1.54) is 24.6 Å². The molecule has 2 fully saturated rings. The highest BCUT2D eigenvalue weighted by Gasteiger charge is 2.41. The lowest BCUT2D eigenvalue weighted by Gasteiger charge is -2.46. The zero-order valence-corrected chi connectivity index (χ0v) is 25.4. The fraction of sp³-hybridized carbons (Fsp3) is 0.576. The maximum atomic E-state index is 13.9. The highest BCUT2D eigenvalue weighted by atomic mass is 19.1. The molecule has 2 aromatic rings. The molecule has 3 unspecified atom stereocenters. The first-order valence-corrected chi connectivity index (χ1v) is 15.2. The van der Waals surface area contributed by atoms with Gasteiger partial charge in [0.15, 0.2) is 0 Å². The van der Waals surface area contributed by atoms with Crippen LogP contribution >= 0.6 is 0 Å². The largest absolute Gasteiger partial charge is 0.390 e. The number of urea groups is 1. The zero-order valence-electron chi connectivity index (χ0n) is 25.4. The molecule has 230 valence electrons. The van der Waals surface area contributed by atoms with Crippen molar-refractivity contribution in [2.45, 2.75) is 89.3 Å². The minimum absolute atomic E-state index is 0.0531. The minimum Gasteiger partial charge on any atom is -0.390 e. The SMILES string of the molecule is CC(=O)NC(Cc1cc(F)cc(F)c1)C(O)CNC1(c2cccc(C(C)(C)C)c2)CCCN(C(=O)N2CCCCC2)C1. The highest BCUT2D eigenvalue weighted by Crippen LogP contribution is 2.35. The third kappa shape index (κ3) is 8.07. The van der Waals surface area contributed by atoms with Gasteiger partial charge in [-0.15, -0.1) is 0 Å². The Balaban J connectivity index is 1.60. The number of nitrogens with zero attached hydrogens (tertiary/aromatic N) is 2. The molecule has 3 N–H and O–H groups in total. The topological polar surface area (TPSA) is 84.9 Å². The van der Waals surface area contributed by atoms with Gasteiger partial charge in [-0.2, -0.15) is 0 Å². The van der Waals surface area contributed by atoms with E-state index in [2.05, 4.69) is 49.6 Å². The van der Waals surface area contributed by atoms with Crippen LogP contribution in [0.25, 0.3) is 0 Å². The number of carbonyl (C=O) groups is 2. The molecule has 42 heavy (non-hydrogen) atoms. The van der Waals surface area contributed by atoms with E-state index in [0.29, 0.717) is 18.7 Å². The van der Waals surface area contributed by atoms with Crippen molar-refractivity contribution in [3.63, 3.8) is 0 Å². The lowest BCUT2D eigenvalue weighted by molar-refractivity contribution is -0.120. The normalized spacial score (nSPS) is 21.1. The molecule has 2 heterocycles. The van der Waals surface area contributed by atoms with Crippen molar-refractivity contribution in [3.8, 4) is 0 Å². The van der Waals surface area contributed by atoms with E-state index in [1.807, 2.05) is 15.9 Å². The predicted molar refractivity (Wildman–Crippen MR) is 160 cm³/mol. The number of benzene rings is 2. The molecule has 0 spiro atoms. The van der Waals surface area contributed by atoms with E-state index >= 15 is 0 Å². The summed E-state index contributed by atoms with van der Waals surface area (Å²) >= 11 is 0. The Kier molecular flexibility index (Phi) is 10.3. The molecule has 3 atom stereocenters. The fourth-order valence-corrected chi connectivity index (χ4v) is 6.24. The molecule has 0 aliphatic carbocycles. The van der Waals surface area contributed by atoms with Crippen LogP contribution in [0.15, 0.2) is 42.5 Å². The van der Waals surface area contributed by atoms with Crippen LogP contribution < -0.4 is 10.6 Å². The quantitative estimate of drug-likeness (QED) is 0.414. The molecule has 0 aromatic heterocycles. The van der Waals surface area contributed by atoms with Crippen molar-refractivity contribution in [3.05, 3.63) is 70.8 Å². The summed E-state index contributed by atoms with van der Waals surface area (Å²) in [4.78, 5) is 29.5. The summed E-state index contributed by atoms with van der Waals surface area (Å²) in [6, 6.07) is 10.9. The minimum atomic E-state index is -1.06. The zero-order chi connectivity index (χ0) is 30.5. The second-order valence-corrected chi connectivity index (χ2v) is 13.0. The number of amides is 3. The van der Waals surface area contributed by atoms with Gasteiger partial charge in [-0.25, -0.2) is 13.6 Å². The maximum absolute atomic E-state index is 13.9. The van der Waals surface area contributed by atoms with Crippen LogP contribution in [0, 0.1) is 11.6 Å². The van der Waals surface area contributed by atoms with Gasteiger partial charge < -0.3 is 25.5 Å². The summed E-state index contributed by atoms with van der Waals surface area (Å²) in [5.74, 6) is -1.77.